The molecule has 1 aliphatic rings. The number of nitrogens with zero attached hydrogens (tertiary/aromatic N) is 2. The zero-order valence-electron chi connectivity index (χ0n) is 8.64. The topological polar surface area (TPSA) is 12.4 Å². The smallest absolute Gasteiger partial charge is 0.103 e. The molecule has 0 saturated carbocycles. The average Bonchev–Trinajstić information content (AvgIpc) is 2.35. The predicted octanol–water partition coefficient (Wildman–Crippen LogP) is 1.71. The molecule has 1 aliphatic heterocycles. The average molecular weight is 169 g/mol. The maximum Gasteiger partial charge on any atom is 0.103 e. The van der Waals surface area contributed by atoms with E-state index in [0.717, 1.165) is 6.54 Å². The summed E-state index contributed by atoms with van der Waals surface area (Å²) in [4.78, 5) is 4.16. The molecular weight excluding hydrogens is 148 g/mol. The van der Waals surface area contributed by atoms with E-state index in [9.17, 15) is 0 Å². The fraction of sp³-hybridized carbons (Fsp3) is 0.900. The fourth-order valence-corrected chi connectivity index (χ4v) is 2.24. The van der Waals surface area contributed by atoms with Gasteiger partial charge in [-0.25, -0.2) is 0 Å². The molecule has 2 nitrogen and oxygen atoms in total. The van der Waals surface area contributed by atoms with Crippen LogP contribution in [-0.4, -0.2) is 43.4 Å². The van der Waals surface area contributed by atoms with E-state index in [0.29, 0.717) is 0 Å². The van der Waals surface area contributed by atoms with Gasteiger partial charge in [0.25, 0.3) is 0 Å². The molecule has 12 heavy (non-hydrogen) atoms. The summed E-state index contributed by atoms with van der Waals surface area (Å²) >= 11 is 0. The van der Waals surface area contributed by atoms with Gasteiger partial charge in [0.05, 0.1) is 20.1 Å². The molecule has 2 heteroatoms. The highest BCUT2D eigenvalue weighted by Crippen LogP contribution is 2.21. The van der Waals surface area contributed by atoms with Crippen molar-refractivity contribution in [3.05, 3.63) is 0 Å². The third-order valence-corrected chi connectivity index (χ3v) is 2.84. The molecule has 1 rings (SSSR count). The van der Waals surface area contributed by atoms with Gasteiger partial charge in [-0.15, -0.1) is 0 Å². The Morgan fingerprint density at radius 3 is 2.25 bits per heavy atom. The van der Waals surface area contributed by atoms with E-state index in [1.807, 2.05) is 0 Å². The SMILES string of the molecule is C=NC(C)(C)C[N+]1(C)CCCC1. The summed E-state index contributed by atoms with van der Waals surface area (Å²) in [6.07, 6.45) is 2.76. The molecule has 0 N–H and O–H groups in total. The van der Waals surface area contributed by atoms with Crippen molar-refractivity contribution in [2.75, 3.05) is 26.7 Å². The van der Waals surface area contributed by atoms with Crippen LogP contribution in [0.3, 0.4) is 0 Å². The van der Waals surface area contributed by atoms with Crippen molar-refractivity contribution in [2.45, 2.75) is 32.2 Å². The molecular formula is C10H21N2+. The van der Waals surface area contributed by atoms with Gasteiger partial charge in [-0.1, -0.05) is 0 Å². The summed E-state index contributed by atoms with van der Waals surface area (Å²) in [5.74, 6) is 0. The fourth-order valence-electron chi connectivity index (χ4n) is 2.24. The van der Waals surface area contributed by atoms with Crippen molar-refractivity contribution in [3.8, 4) is 0 Å². The first kappa shape index (κ1) is 9.72. The summed E-state index contributed by atoms with van der Waals surface area (Å²) in [6, 6.07) is 0. The summed E-state index contributed by atoms with van der Waals surface area (Å²) in [7, 11) is 2.33. The second-order valence-corrected chi connectivity index (χ2v) is 4.90. The molecule has 0 aliphatic carbocycles. The molecule has 0 bridgehead atoms. The van der Waals surface area contributed by atoms with E-state index in [2.05, 4.69) is 32.6 Å². The second-order valence-electron chi connectivity index (χ2n) is 4.90. The van der Waals surface area contributed by atoms with Crippen LogP contribution in [0.5, 0.6) is 0 Å². The number of hydrogen-bond acceptors (Lipinski definition) is 1. The van der Waals surface area contributed by atoms with E-state index in [4.69, 9.17) is 0 Å². The molecule has 0 unspecified atom stereocenters. The molecule has 0 spiro atoms. The van der Waals surface area contributed by atoms with E-state index >= 15 is 0 Å². The Kier molecular flexibility index (Phi) is 2.57. The number of likely N-dealkylation sites (N-methyl/N-ethyl adjacent to an activating group) is 1. The van der Waals surface area contributed by atoms with Gasteiger partial charge in [0, 0.05) is 12.8 Å². The lowest BCUT2D eigenvalue weighted by atomic mass is 10.1. The number of hydrogen-bond donors (Lipinski definition) is 0. The van der Waals surface area contributed by atoms with Crippen LogP contribution in [0, 0.1) is 0 Å². The quantitative estimate of drug-likeness (QED) is 0.450. The predicted molar refractivity (Wildman–Crippen MR) is 53.6 cm³/mol. The monoisotopic (exact) mass is 169 g/mol. The van der Waals surface area contributed by atoms with E-state index in [-0.39, 0.29) is 5.54 Å². The van der Waals surface area contributed by atoms with Gasteiger partial charge in [-0.05, 0) is 20.6 Å². The molecule has 1 saturated heterocycles. The van der Waals surface area contributed by atoms with Crippen LogP contribution in [0.4, 0.5) is 0 Å². The highest BCUT2D eigenvalue weighted by atomic mass is 15.4. The van der Waals surface area contributed by atoms with Gasteiger partial charge in [-0.3, -0.25) is 4.99 Å². The first-order chi connectivity index (χ1) is 5.47. The van der Waals surface area contributed by atoms with Crippen LogP contribution in [0.25, 0.3) is 0 Å². The Labute approximate surface area is 75.9 Å². The highest BCUT2D eigenvalue weighted by Gasteiger charge is 2.33. The zero-order valence-corrected chi connectivity index (χ0v) is 8.64. The lowest BCUT2D eigenvalue weighted by Crippen LogP contribution is -2.49. The standard InChI is InChI=1S/C10H21N2/c1-10(2,11-3)9-12(4)7-5-6-8-12/h3,5-9H2,1-2,4H3/q+1. The van der Waals surface area contributed by atoms with E-state index in [1.54, 1.807) is 0 Å². The Bertz CT molecular complexity index is 167. The summed E-state index contributed by atoms with van der Waals surface area (Å²) in [5, 5.41) is 0. The molecule has 0 aromatic carbocycles. The first-order valence-corrected chi connectivity index (χ1v) is 4.79. The van der Waals surface area contributed by atoms with Crippen molar-refractivity contribution >= 4 is 6.72 Å². The maximum absolute atomic E-state index is 4.16. The molecule has 1 fully saturated rings. The normalized spacial score (nSPS) is 22.6. The van der Waals surface area contributed by atoms with Crippen molar-refractivity contribution < 1.29 is 4.48 Å². The molecule has 0 aromatic rings. The van der Waals surface area contributed by atoms with Crippen molar-refractivity contribution in [3.63, 3.8) is 0 Å². The van der Waals surface area contributed by atoms with Crippen molar-refractivity contribution in [2.24, 2.45) is 4.99 Å². The molecule has 1 heterocycles. The Balaban J connectivity index is 2.54. The zero-order chi connectivity index (χ0) is 9.24. The molecule has 0 atom stereocenters. The van der Waals surface area contributed by atoms with Gasteiger partial charge < -0.3 is 4.48 Å². The first-order valence-electron chi connectivity index (χ1n) is 4.79. The minimum absolute atomic E-state index is 0.0547. The lowest BCUT2D eigenvalue weighted by Gasteiger charge is -2.35. The molecule has 0 radical (unpaired) electrons. The Hall–Kier alpha value is -0.370. The number of aliphatic imine (C=N–C) groups is 1. The number of quaternary nitrogens is 1. The third-order valence-electron chi connectivity index (χ3n) is 2.84. The van der Waals surface area contributed by atoms with Crippen LogP contribution in [0.2, 0.25) is 0 Å². The van der Waals surface area contributed by atoms with E-state index < -0.39 is 0 Å². The number of rotatable bonds is 3. The van der Waals surface area contributed by atoms with Crippen LogP contribution in [0.15, 0.2) is 4.99 Å². The summed E-state index contributed by atoms with van der Waals surface area (Å²) in [6.45, 7) is 11.8. The van der Waals surface area contributed by atoms with Gasteiger partial charge in [0.15, 0.2) is 0 Å². The van der Waals surface area contributed by atoms with Gasteiger partial charge in [0.1, 0.15) is 12.1 Å². The van der Waals surface area contributed by atoms with Crippen molar-refractivity contribution in [1.29, 1.82) is 0 Å². The van der Waals surface area contributed by atoms with Crippen LogP contribution in [0.1, 0.15) is 26.7 Å². The second kappa shape index (κ2) is 3.17. The van der Waals surface area contributed by atoms with Gasteiger partial charge in [0.2, 0.25) is 0 Å². The molecule has 0 aromatic heterocycles. The van der Waals surface area contributed by atoms with Gasteiger partial charge in [-0.2, -0.15) is 0 Å². The minimum Gasteiger partial charge on any atom is -0.324 e. The van der Waals surface area contributed by atoms with Crippen LogP contribution >= 0.6 is 0 Å². The van der Waals surface area contributed by atoms with Gasteiger partial charge >= 0.3 is 0 Å². The lowest BCUT2D eigenvalue weighted by molar-refractivity contribution is -0.900. The van der Waals surface area contributed by atoms with Crippen molar-refractivity contribution in [1.82, 2.24) is 0 Å². The Morgan fingerprint density at radius 2 is 1.83 bits per heavy atom. The Morgan fingerprint density at radius 1 is 1.33 bits per heavy atom. The maximum atomic E-state index is 4.16. The molecule has 70 valence electrons. The number of likely N-dealkylation sites (tertiary alicyclic amines) is 1. The van der Waals surface area contributed by atoms with Crippen LogP contribution < -0.4 is 0 Å². The minimum atomic E-state index is 0.0547. The van der Waals surface area contributed by atoms with E-state index in [1.165, 1.54) is 30.4 Å². The summed E-state index contributed by atoms with van der Waals surface area (Å²) in [5.41, 5.74) is 0.0547. The largest absolute Gasteiger partial charge is 0.324 e. The highest BCUT2D eigenvalue weighted by molar-refractivity contribution is 5.25. The van der Waals surface area contributed by atoms with Crippen LogP contribution in [-0.2, 0) is 0 Å². The molecule has 0 amide bonds. The third kappa shape index (κ3) is 2.31. The summed E-state index contributed by atoms with van der Waals surface area (Å²) < 4.78 is 1.19.